The fourth-order valence-corrected chi connectivity index (χ4v) is 3.02. The molecule has 1 heterocycles. The minimum Gasteiger partial charge on any atom is -0.378 e. The van der Waals surface area contributed by atoms with E-state index in [1.54, 1.807) is 13.8 Å². The molecular weight excluding hydrogens is 357 g/mol. The van der Waals surface area contributed by atoms with Crippen LogP contribution in [-0.2, 0) is 15.7 Å². The maximum atomic E-state index is 12.5. The zero-order valence-electron chi connectivity index (χ0n) is 12.7. The Kier molecular flexibility index (Phi) is 5.67. The van der Waals surface area contributed by atoms with Crippen molar-refractivity contribution in [2.45, 2.75) is 45.0 Å². The lowest BCUT2D eigenvalue weighted by Crippen LogP contribution is -2.74. The van der Waals surface area contributed by atoms with Crippen molar-refractivity contribution < 1.29 is 22.7 Å². The Morgan fingerprint density at radius 1 is 1.48 bits per heavy atom. The van der Waals surface area contributed by atoms with Gasteiger partial charge in [0, 0.05) is 18.4 Å². The van der Waals surface area contributed by atoms with Crippen LogP contribution in [0.4, 0.5) is 18.3 Å². The number of anilines is 1. The van der Waals surface area contributed by atoms with Crippen LogP contribution < -0.4 is 11.1 Å². The van der Waals surface area contributed by atoms with Gasteiger partial charge in [-0.2, -0.15) is 13.2 Å². The number of carbonyl (C=O) groups excluding carboxylic acids is 1. The van der Waals surface area contributed by atoms with Crippen molar-refractivity contribution in [1.29, 1.82) is 0 Å². The second-order valence-corrected chi connectivity index (χ2v) is 6.68. The van der Waals surface area contributed by atoms with Crippen molar-refractivity contribution in [1.82, 2.24) is 10.2 Å². The fraction of sp³-hybridized carbons (Fsp3) is 0.750. The molecule has 132 valence electrons. The summed E-state index contributed by atoms with van der Waals surface area (Å²) in [6.45, 7) is 5.92. The molecule has 0 aromatic carbocycles. The van der Waals surface area contributed by atoms with Gasteiger partial charge in [-0.1, -0.05) is 25.2 Å². The van der Waals surface area contributed by atoms with Crippen LogP contribution in [0, 0.1) is 5.41 Å². The Morgan fingerprint density at radius 2 is 2.09 bits per heavy atom. The van der Waals surface area contributed by atoms with Crippen LogP contribution in [-0.4, -0.2) is 34.4 Å². The largest absolute Gasteiger partial charge is 0.445 e. The van der Waals surface area contributed by atoms with Crippen molar-refractivity contribution >= 4 is 34.8 Å². The molecule has 1 fully saturated rings. The summed E-state index contributed by atoms with van der Waals surface area (Å²) in [4.78, 5) is 12.3. The van der Waals surface area contributed by atoms with E-state index in [1.165, 1.54) is 0 Å². The topological polar surface area (TPSA) is 90.1 Å². The Hall–Kier alpha value is -0.970. The van der Waals surface area contributed by atoms with Crippen molar-refractivity contribution in [2.75, 3.05) is 11.9 Å². The summed E-state index contributed by atoms with van der Waals surface area (Å²) in [6, 6.07) is 0. The number of hydrogen-bond acceptors (Lipinski definition) is 6. The lowest BCUT2D eigenvalue weighted by molar-refractivity contribution is -0.166. The third kappa shape index (κ3) is 3.44. The normalized spacial score (nSPS) is 26.1. The maximum absolute atomic E-state index is 12.5. The van der Waals surface area contributed by atoms with E-state index < -0.39 is 28.0 Å². The van der Waals surface area contributed by atoms with Crippen LogP contribution in [0.25, 0.3) is 0 Å². The SMILES string of the molecule is CCOC1CC(N)(C(=O)Nc2nnc(C(F)(F)F)s2)C1(C)C.Cl. The van der Waals surface area contributed by atoms with Gasteiger partial charge in [0.15, 0.2) is 0 Å². The molecule has 3 N–H and O–H groups in total. The number of ether oxygens (including phenoxy) is 1. The maximum Gasteiger partial charge on any atom is 0.445 e. The highest BCUT2D eigenvalue weighted by Gasteiger charge is 2.63. The van der Waals surface area contributed by atoms with Gasteiger partial charge in [-0.3, -0.25) is 10.1 Å². The monoisotopic (exact) mass is 374 g/mol. The van der Waals surface area contributed by atoms with Gasteiger partial charge >= 0.3 is 6.18 Å². The predicted octanol–water partition coefficient (Wildman–Crippen LogP) is 2.45. The summed E-state index contributed by atoms with van der Waals surface area (Å²) in [6.07, 6.45) is -4.46. The second-order valence-electron chi connectivity index (χ2n) is 5.71. The van der Waals surface area contributed by atoms with Crippen molar-refractivity contribution in [3.05, 3.63) is 5.01 Å². The molecule has 2 atom stereocenters. The molecule has 1 aromatic heterocycles. The summed E-state index contributed by atoms with van der Waals surface area (Å²) in [5.74, 6) is -0.585. The molecule has 2 rings (SSSR count). The standard InChI is InChI=1S/C12H17F3N4O2S.ClH/c1-4-21-6-5-11(16,10(6,2)3)7(20)17-9-19-18-8(22-9)12(13,14)15;/h6H,4-5,16H2,1-3H3,(H,17,19,20);1H. The molecule has 0 spiro atoms. The Balaban J connectivity index is 0.00000264. The molecule has 0 radical (unpaired) electrons. The van der Waals surface area contributed by atoms with Gasteiger partial charge in [0.25, 0.3) is 0 Å². The lowest BCUT2D eigenvalue weighted by Gasteiger charge is -2.57. The number of nitrogens with zero attached hydrogens (tertiary/aromatic N) is 2. The van der Waals surface area contributed by atoms with Crippen molar-refractivity contribution in [2.24, 2.45) is 11.1 Å². The molecule has 1 aliphatic rings. The first-order valence-electron chi connectivity index (χ1n) is 6.65. The van der Waals surface area contributed by atoms with E-state index in [4.69, 9.17) is 10.5 Å². The number of carbonyl (C=O) groups is 1. The number of halogens is 4. The first-order valence-corrected chi connectivity index (χ1v) is 7.46. The predicted molar refractivity (Wildman–Crippen MR) is 81.5 cm³/mol. The first kappa shape index (κ1) is 20.1. The van der Waals surface area contributed by atoms with Crippen LogP contribution in [0.15, 0.2) is 0 Å². The van der Waals surface area contributed by atoms with Crippen LogP contribution in [0.2, 0.25) is 0 Å². The molecule has 1 aromatic rings. The number of rotatable bonds is 4. The number of hydrogen-bond donors (Lipinski definition) is 2. The fourth-order valence-electron chi connectivity index (χ4n) is 2.42. The molecule has 0 aliphatic heterocycles. The zero-order valence-corrected chi connectivity index (χ0v) is 14.4. The molecule has 1 saturated carbocycles. The Bertz CT molecular complexity index is 581. The van der Waals surface area contributed by atoms with Gasteiger partial charge in [0.2, 0.25) is 16.0 Å². The third-order valence-electron chi connectivity index (χ3n) is 4.12. The molecule has 23 heavy (non-hydrogen) atoms. The molecule has 0 saturated heterocycles. The molecule has 2 unspecified atom stereocenters. The average Bonchev–Trinajstić information content (AvgIpc) is 2.86. The zero-order chi connectivity index (χ0) is 16.8. The number of alkyl halides is 3. The molecule has 6 nitrogen and oxygen atoms in total. The first-order chi connectivity index (χ1) is 10.0. The van der Waals surface area contributed by atoms with Gasteiger partial charge in [-0.15, -0.1) is 22.6 Å². The van der Waals surface area contributed by atoms with E-state index in [9.17, 15) is 18.0 Å². The molecular formula is C12H18ClF3N4O2S. The molecule has 11 heteroatoms. The molecule has 1 amide bonds. The van der Waals surface area contributed by atoms with Gasteiger partial charge in [-0.25, -0.2) is 0 Å². The number of nitrogens with one attached hydrogen (secondary N) is 1. The van der Waals surface area contributed by atoms with Crippen LogP contribution in [0.5, 0.6) is 0 Å². The summed E-state index contributed by atoms with van der Waals surface area (Å²) < 4.78 is 42.9. The van der Waals surface area contributed by atoms with Crippen LogP contribution in [0.1, 0.15) is 32.2 Å². The summed E-state index contributed by atoms with van der Waals surface area (Å²) in [7, 11) is 0. The smallest absolute Gasteiger partial charge is 0.378 e. The summed E-state index contributed by atoms with van der Waals surface area (Å²) >= 11 is 0.264. The number of amides is 1. The van der Waals surface area contributed by atoms with E-state index in [1.807, 2.05) is 6.92 Å². The number of aromatic nitrogens is 2. The highest BCUT2D eigenvalue weighted by atomic mass is 35.5. The van der Waals surface area contributed by atoms with E-state index in [-0.39, 0.29) is 35.0 Å². The minimum atomic E-state index is -4.59. The lowest BCUT2D eigenvalue weighted by atomic mass is 9.54. The summed E-state index contributed by atoms with van der Waals surface area (Å²) in [5.41, 5.74) is 4.27. The van der Waals surface area contributed by atoms with E-state index in [2.05, 4.69) is 15.5 Å². The minimum absolute atomic E-state index is 0. The van der Waals surface area contributed by atoms with Crippen molar-refractivity contribution in [3.8, 4) is 0 Å². The van der Waals surface area contributed by atoms with Gasteiger partial charge in [0.05, 0.1) is 6.10 Å². The average molecular weight is 375 g/mol. The van der Waals surface area contributed by atoms with E-state index in [0.717, 1.165) is 0 Å². The van der Waals surface area contributed by atoms with Crippen LogP contribution in [0.3, 0.4) is 0 Å². The van der Waals surface area contributed by atoms with Gasteiger partial charge in [-0.05, 0) is 6.92 Å². The van der Waals surface area contributed by atoms with Crippen LogP contribution >= 0.6 is 23.7 Å². The Labute approximate surface area is 141 Å². The van der Waals surface area contributed by atoms with Gasteiger partial charge in [0.1, 0.15) is 5.54 Å². The molecule has 1 aliphatic carbocycles. The quantitative estimate of drug-likeness (QED) is 0.844. The van der Waals surface area contributed by atoms with Gasteiger partial charge < -0.3 is 10.5 Å². The highest BCUT2D eigenvalue weighted by molar-refractivity contribution is 7.15. The van der Waals surface area contributed by atoms with E-state index in [0.29, 0.717) is 13.0 Å². The Morgan fingerprint density at radius 3 is 2.52 bits per heavy atom. The number of nitrogens with two attached hydrogens (primary N) is 1. The highest BCUT2D eigenvalue weighted by Crippen LogP contribution is 2.50. The molecule has 0 bridgehead atoms. The van der Waals surface area contributed by atoms with E-state index >= 15 is 0 Å². The summed E-state index contributed by atoms with van der Waals surface area (Å²) in [5, 5.41) is 7.32. The third-order valence-corrected chi connectivity index (χ3v) is 5.01. The van der Waals surface area contributed by atoms with Crippen molar-refractivity contribution in [3.63, 3.8) is 0 Å². The second kappa shape index (κ2) is 6.50.